The number of anilines is 1. The van der Waals surface area contributed by atoms with Gasteiger partial charge < -0.3 is 5.32 Å². The van der Waals surface area contributed by atoms with Crippen molar-refractivity contribution in [1.29, 1.82) is 0 Å². The minimum Gasteiger partial charge on any atom is -0.325 e. The number of amides is 1. The molecule has 24 heavy (non-hydrogen) atoms. The van der Waals surface area contributed by atoms with Gasteiger partial charge in [0.2, 0.25) is 5.91 Å². The molecule has 0 aromatic heterocycles. The van der Waals surface area contributed by atoms with Gasteiger partial charge in [-0.25, -0.2) is 0 Å². The van der Waals surface area contributed by atoms with Crippen molar-refractivity contribution >= 4 is 22.4 Å². The van der Waals surface area contributed by atoms with Gasteiger partial charge in [-0.1, -0.05) is 60.7 Å². The van der Waals surface area contributed by atoms with Crippen molar-refractivity contribution in [1.82, 2.24) is 5.32 Å². The lowest BCUT2D eigenvalue weighted by Gasteiger charge is -2.20. The van der Waals surface area contributed by atoms with Crippen LogP contribution in [-0.2, 0) is 4.79 Å². The summed E-state index contributed by atoms with van der Waals surface area (Å²) < 4.78 is 0. The summed E-state index contributed by atoms with van der Waals surface area (Å²) in [6.45, 7) is 3.95. The Morgan fingerprint density at radius 1 is 0.833 bits per heavy atom. The first-order valence-electron chi connectivity index (χ1n) is 8.24. The Hall–Kier alpha value is -2.65. The standard InChI is InChI=1S/C21H22N2O/c1-15(17-8-4-3-5-9-17)22-16(2)21(24)23-20-13-12-18-10-6-7-11-19(18)14-20/h3-16,22H,1-2H3,(H,23,24)/t15-,16+/m1/s1. The fourth-order valence-corrected chi connectivity index (χ4v) is 2.81. The van der Waals surface area contributed by atoms with Crippen LogP contribution in [0.2, 0.25) is 0 Å². The summed E-state index contributed by atoms with van der Waals surface area (Å²) in [5.41, 5.74) is 1.99. The van der Waals surface area contributed by atoms with Gasteiger partial charge in [0.1, 0.15) is 0 Å². The number of nitrogens with one attached hydrogen (secondary N) is 2. The number of hydrogen-bond donors (Lipinski definition) is 2. The van der Waals surface area contributed by atoms with E-state index < -0.39 is 0 Å². The second kappa shape index (κ2) is 7.28. The summed E-state index contributed by atoms with van der Waals surface area (Å²) in [4.78, 5) is 12.4. The molecule has 1 amide bonds. The van der Waals surface area contributed by atoms with E-state index >= 15 is 0 Å². The highest BCUT2D eigenvalue weighted by Gasteiger charge is 2.16. The van der Waals surface area contributed by atoms with Crippen molar-refractivity contribution in [3.63, 3.8) is 0 Å². The van der Waals surface area contributed by atoms with E-state index in [1.807, 2.05) is 61.5 Å². The van der Waals surface area contributed by atoms with E-state index in [0.717, 1.165) is 11.1 Å². The summed E-state index contributed by atoms with van der Waals surface area (Å²) in [6, 6.07) is 24.0. The predicted octanol–water partition coefficient (Wildman–Crippen LogP) is 4.52. The molecule has 3 rings (SSSR count). The highest BCUT2D eigenvalue weighted by Crippen LogP contribution is 2.19. The van der Waals surface area contributed by atoms with E-state index in [4.69, 9.17) is 0 Å². The third-order valence-electron chi connectivity index (χ3n) is 4.21. The van der Waals surface area contributed by atoms with Crippen LogP contribution >= 0.6 is 0 Å². The molecule has 3 nitrogen and oxygen atoms in total. The van der Waals surface area contributed by atoms with Gasteiger partial charge in [-0.3, -0.25) is 10.1 Å². The highest BCUT2D eigenvalue weighted by molar-refractivity contribution is 5.97. The molecular weight excluding hydrogens is 296 g/mol. The summed E-state index contributed by atoms with van der Waals surface area (Å²) in [5.74, 6) is -0.0342. The molecule has 0 fully saturated rings. The maximum atomic E-state index is 12.4. The normalized spacial score (nSPS) is 13.4. The van der Waals surface area contributed by atoms with E-state index in [1.54, 1.807) is 0 Å². The van der Waals surface area contributed by atoms with E-state index in [1.165, 1.54) is 10.9 Å². The highest BCUT2D eigenvalue weighted by atomic mass is 16.2. The minimum absolute atomic E-state index is 0.0342. The molecular formula is C21H22N2O. The van der Waals surface area contributed by atoms with E-state index in [0.29, 0.717) is 0 Å². The largest absolute Gasteiger partial charge is 0.325 e. The number of rotatable bonds is 5. The first kappa shape index (κ1) is 16.2. The van der Waals surface area contributed by atoms with Crippen LogP contribution in [0.15, 0.2) is 72.8 Å². The van der Waals surface area contributed by atoms with E-state index in [2.05, 4.69) is 35.8 Å². The van der Waals surface area contributed by atoms with Gasteiger partial charge >= 0.3 is 0 Å². The molecule has 3 aromatic carbocycles. The molecule has 0 saturated carbocycles. The zero-order valence-corrected chi connectivity index (χ0v) is 14.0. The first-order valence-corrected chi connectivity index (χ1v) is 8.24. The molecule has 3 heteroatoms. The van der Waals surface area contributed by atoms with Gasteiger partial charge in [0.15, 0.2) is 0 Å². The molecule has 0 unspecified atom stereocenters. The van der Waals surface area contributed by atoms with Crippen LogP contribution < -0.4 is 10.6 Å². The topological polar surface area (TPSA) is 41.1 Å². The molecule has 3 aromatic rings. The molecule has 0 saturated heterocycles. The predicted molar refractivity (Wildman–Crippen MR) is 100 cm³/mol. The Morgan fingerprint density at radius 3 is 2.25 bits per heavy atom. The van der Waals surface area contributed by atoms with Crippen LogP contribution in [0.3, 0.4) is 0 Å². The van der Waals surface area contributed by atoms with Gasteiger partial charge in [-0.05, 0) is 42.3 Å². The monoisotopic (exact) mass is 318 g/mol. The van der Waals surface area contributed by atoms with Gasteiger partial charge in [-0.2, -0.15) is 0 Å². The van der Waals surface area contributed by atoms with Crippen molar-refractivity contribution in [3.8, 4) is 0 Å². The molecule has 0 spiro atoms. The Balaban J connectivity index is 1.64. The maximum Gasteiger partial charge on any atom is 0.241 e. The van der Waals surface area contributed by atoms with Crippen molar-refractivity contribution in [3.05, 3.63) is 78.4 Å². The average molecular weight is 318 g/mol. The number of benzene rings is 3. The first-order chi connectivity index (χ1) is 11.6. The summed E-state index contributed by atoms with van der Waals surface area (Å²) in [7, 11) is 0. The van der Waals surface area contributed by atoms with Gasteiger partial charge in [0.05, 0.1) is 6.04 Å². The lowest BCUT2D eigenvalue weighted by atomic mass is 10.1. The number of carbonyl (C=O) groups excluding carboxylic acids is 1. The van der Waals surface area contributed by atoms with Gasteiger partial charge in [0, 0.05) is 11.7 Å². The SMILES string of the molecule is C[C@H](N[C@H](C)c1ccccc1)C(=O)Nc1ccc2ccccc2c1. The van der Waals surface area contributed by atoms with Crippen molar-refractivity contribution in [2.75, 3.05) is 5.32 Å². The maximum absolute atomic E-state index is 12.4. The van der Waals surface area contributed by atoms with Crippen LogP contribution in [0.5, 0.6) is 0 Å². The van der Waals surface area contributed by atoms with Crippen LogP contribution in [0.25, 0.3) is 10.8 Å². The van der Waals surface area contributed by atoms with E-state index in [-0.39, 0.29) is 18.0 Å². The smallest absolute Gasteiger partial charge is 0.241 e. The van der Waals surface area contributed by atoms with Crippen LogP contribution in [0, 0.1) is 0 Å². The third-order valence-corrected chi connectivity index (χ3v) is 4.21. The molecule has 0 radical (unpaired) electrons. The number of fused-ring (bicyclic) bond motifs is 1. The van der Waals surface area contributed by atoms with Crippen LogP contribution in [-0.4, -0.2) is 11.9 Å². The minimum atomic E-state index is -0.285. The molecule has 0 heterocycles. The molecule has 2 atom stereocenters. The van der Waals surface area contributed by atoms with Crippen molar-refractivity contribution in [2.24, 2.45) is 0 Å². The van der Waals surface area contributed by atoms with Crippen LogP contribution in [0.1, 0.15) is 25.5 Å². The van der Waals surface area contributed by atoms with Gasteiger partial charge in [-0.15, -0.1) is 0 Å². The Bertz CT molecular complexity index is 829. The number of hydrogen-bond acceptors (Lipinski definition) is 2. The quantitative estimate of drug-likeness (QED) is 0.726. The summed E-state index contributed by atoms with van der Waals surface area (Å²) >= 11 is 0. The van der Waals surface area contributed by atoms with Crippen molar-refractivity contribution in [2.45, 2.75) is 25.9 Å². The molecule has 0 aliphatic heterocycles. The zero-order valence-electron chi connectivity index (χ0n) is 14.0. The van der Waals surface area contributed by atoms with Gasteiger partial charge in [0.25, 0.3) is 0 Å². The number of carbonyl (C=O) groups is 1. The molecule has 0 aliphatic carbocycles. The van der Waals surface area contributed by atoms with Crippen LogP contribution in [0.4, 0.5) is 5.69 Å². The molecule has 2 N–H and O–H groups in total. The average Bonchev–Trinajstić information content (AvgIpc) is 2.62. The Labute approximate surface area is 142 Å². The Morgan fingerprint density at radius 2 is 1.50 bits per heavy atom. The van der Waals surface area contributed by atoms with Crippen molar-refractivity contribution < 1.29 is 4.79 Å². The molecule has 0 bridgehead atoms. The lowest BCUT2D eigenvalue weighted by molar-refractivity contribution is -0.117. The third kappa shape index (κ3) is 3.81. The molecule has 0 aliphatic rings. The Kier molecular flexibility index (Phi) is 4.92. The summed E-state index contributed by atoms with van der Waals surface area (Å²) in [5, 5.41) is 8.62. The molecule has 122 valence electrons. The fourth-order valence-electron chi connectivity index (χ4n) is 2.81. The van der Waals surface area contributed by atoms with E-state index in [9.17, 15) is 4.79 Å². The lowest BCUT2D eigenvalue weighted by Crippen LogP contribution is -2.39. The summed E-state index contributed by atoms with van der Waals surface area (Å²) in [6.07, 6.45) is 0. The fraction of sp³-hybridized carbons (Fsp3) is 0.190. The second-order valence-electron chi connectivity index (χ2n) is 6.07. The second-order valence-corrected chi connectivity index (χ2v) is 6.07. The zero-order chi connectivity index (χ0) is 16.9.